The predicted molar refractivity (Wildman–Crippen MR) is 124 cm³/mol. The zero-order chi connectivity index (χ0) is 26.8. The average molecular weight is 516 g/mol. The number of alkyl halides is 3. The summed E-state index contributed by atoms with van der Waals surface area (Å²) in [6.07, 6.45) is -7.90. The summed E-state index contributed by atoms with van der Waals surface area (Å²) in [5.41, 5.74) is -3.23. The maximum absolute atomic E-state index is 14.5. The Bertz CT molecular complexity index is 1280. The molecule has 10 heteroatoms. The molecule has 1 aliphatic heterocycles. The van der Waals surface area contributed by atoms with E-state index in [0.29, 0.717) is 11.3 Å². The van der Waals surface area contributed by atoms with Crippen LogP contribution in [0.4, 0.5) is 13.2 Å². The molecule has 7 nitrogen and oxygen atoms in total. The van der Waals surface area contributed by atoms with Gasteiger partial charge in [-0.15, -0.1) is 0 Å². The summed E-state index contributed by atoms with van der Waals surface area (Å²) in [7, 11) is 3.59. The van der Waals surface area contributed by atoms with E-state index in [9.17, 15) is 22.8 Å². The molecule has 0 radical (unpaired) electrons. The number of cyclic esters (lactones) is 1. The fraction of sp³-hybridized carbons (Fsp3) is 0.259. The van der Waals surface area contributed by atoms with E-state index < -0.39 is 41.5 Å². The van der Waals surface area contributed by atoms with Gasteiger partial charge in [0.25, 0.3) is 5.60 Å². The van der Waals surface area contributed by atoms with Crippen LogP contribution in [0.3, 0.4) is 0 Å². The van der Waals surface area contributed by atoms with E-state index >= 15 is 0 Å². The maximum Gasteiger partial charge on any atom is 0.432 e. The van der Waals surface area contributed by atoms with Crippen molar-refractivity contribution in [2.24, 2.45) is 0 Å². The molecule has 3 atom stereocenters. The topological polar surface area (TPSA) is 80.3 Å². The summed E-state index contributed by atoms with van der Waals surface area (Å²) in [4.78, 5) is 26.2. The van der Waals surface area contributed by atoms with Gasteiger partial charge in [0.2, 0.25) is 0 Å². The van der Waals surface area contributed by atoms with E-state index in [0.717, 1.165) is 19.2 Å². The molecule has 0 fully saturated rings. The molecular weight excluding hydrogens is 493 g/mol. The number of methoxy groups -OCH3 is 3. The summed E-state index contributed by atoms with van der Waals surface area (Å²) in [6.45, 7) is 0. The summed E-state index contributed by atoms with van der Waals surface area (Å²) in [5.74, 6) is -1.80. The number of esters is 2. The Balaban J connectivity index is 1.83. The van der Waals surface area contributed by atoms with Crippen molar-refractivity contribution in [3.05, 3.63) is 95.1 Å². The molecule has 0 saturated carbocycles. The van der Waals surface area contributed by atoms with Crippen molar-refractivity contribution in [2.75, 3.05) is 21.3 Å². The van der Waals surface area contributed by atoms with Crippen LogP contribution in [0, 0.1) is 0 Å². The van der Waals surface area contributed by atoms with Crippen LogP contribution in [-0.2, 0) is 24.6 Å². The van der Waals surface area contributed by atoms with Gasteiger partial charge < -0.3 is 23.7 Å². The molecule has 0 amide bonds. The molecule has 1 aliphatic rings. The van der Waals surface area contributed by atoms with Crippen LogP contribution < -0.4 is 9.47 Å². The Hall–Kier alpha value is -4.05. The van der Waals surface area contributed by atoms with Crippen LogP contribution in [0.1, 0.15) is 39.3 Å². The molecule has 0 aliphatic carbocycles. The third-order valence-corrected chi connectivity index (χ3v) is 6.15. The maximum atomic E-state index is 14.5. The molecule has 3 aromatic carbocycles. The van der Waals surface area contributed by atoms with Crippen LogP contribution >= 0.6 is 0 Å². The Morgan fingerprint density at radius 1 is 0.892 bits per heavy atom. The highest BCUT2D eigenvalue weighted by molar-refractivity contribution is 5.97. The van der Waals surface area contributed by atoms with Crippen LogP contribution in [0.25, 0.3) is 0 Å². The molecular formula is C27H23F3O7. The number of hydrogen-bond acceptors (Lipinski definition) is 7. The first kappa shape index (κ1) is 26.0. The van der Waals surface area contributed by atoms with Crippen LogP contribution in [0.15, 0.2) is 72.8 Å². The van der Waals surface area contributed by atoms with Crippen molar-refractivity contribution >= 4 is 11.9 Å². The molecule has 3 aromatic rings. The molecule has 0 spiro atoms. The zero-order valence-corrected chi connectivity index (χ0v) is 20.1. The van der Waals surface area contributed by atoms with Crippen molar-refractivity contribution in [1.29, 1.82) is 0 Å². The van der Waals surface area contributed by atoms with Gasteiger partial charge in [-0.2, -0.15) is 13.2 Å². The largest absolute Gasteiger partial charge is 0.497 e. The van der Waals surface area contributed by atoms with E-state index in [1.807, 2.05) is 0 Å². The Morgan fingerprint density at radius 2 is 1.57 bits per heavy atom. The number of fused-ring (bicyclic) bond motifs is 1. The van der Waals surface area contributed by atoms with E-state index in [1.165, 1.54) is 44.6 Å². The zero-order valence-electron chi connectivity index (χ0n) is 20.1. The lowest BCUT2D eigenvalue weighted by Gasteiger charge is -2.34. The van der Waals surface area contributed by atoms with Gasteiger partial charge in [-0.25, -0.2) is 9.59 Å². The van der Waals surface area contributed by atoms with Crippen molar-refractivity contribution in [3.8, 4) is 11.5 Å². The van der Waals surface area contributed by atoms with Gasteiger partial charge in [-0.1, -0.05) is 54.6 Å². The minimum absolute atomic E-state index is 0.0986. The number of rotatable bonds is 8. The van der Waals surface area contributed by atoms with Gasteiger partial charge in [0.05, 0.1) is 14.2 Å². The summed E-state index contributed by atoms with van der Waals surface area (Å²) in [6, 6.07) is 17.3. The first-order chi connectivity index (χ1) is 17.7. The summed E-state index contributed by atoms with van der Waals surface area (Å²) < 4.78 is 69.9. The van der Waals surface area contributed by atoms with Gasteiger partial charge in [0.15, 0.2) is 12.2 Å². The highest BCUT2D eigenvalue weighted by atomic mass is 19.4. The molecule has 37 heavy (non-hydrogen) atoms. The van der Waals surface area contributed by atoms with Crippen molar-refractivity contribution < 1.29 is 46.4 Å². The number of benzene rings is 3. The van der Waals surface area contributed by atoms with Gasteiger partial charge in [0.1, 0.15) is 17.1 Å². The lowest BCUT2D eigenvalue weighted by molar-refractivity contribution is -0.279. The number of carbonyl (C=O) groups excluding carboxylic acids is 2. The first-order valence-electron chi connectivity index (χ1n) is 11.1. The fourth-order valence-electron chi connectivity index (χ4n) is 4.32. The molecule has 0 aromatic heterocycles. The molecule has 4 rings (SSSR count). The Morgan fingerprint density at radius 3 is 2.14 bits per heavy atom. The standard InChI is InChI=1S/C27H23F3O7/c1-33-18-14-12-16(13-15-18)22(23-19-10-7-11-20(34-2)21(19)24(31)36-23)37-25(32)26(35-3,27(28,29)30)17-8-5-4-6-9-17/h4-15,22-23H,1-3H3/t22-,23+,26-/m1/s1. The minimum atomic E-state index is -5.18. The second kappa shape index (κ2) is 10.1. The fourth-order valence-corrected chi connectivity index (χ4v) is 4.32. The van der Waals surface area contributed by atoms with Crippen LogP contribution in [-0.4, -0.2) is 39.4 Å². The quantitative estimate of drug-likeness (QED) is 0.376. The number of carbonyl (C=O) groups is 2. The van der Waals surface area contributed by atoms with E-state index in [4.69, 9.17) is 23.7 Å². The van der Waals surface area contributed by atoms with Crippen LogP contribution in [0.2, 0.25) is 0 Å². The SMILES string of the molecule is COc1ccc([C@@H](OC(=O)[C@](OC)(c2ccccc2)C(F)(F)F)[C@H]2OC(=O)c3c(OC)cccc32)cc1. The highest BCUT2D eigenvalue weighted by Crippen LogP contribution is 2.48. The van der Waals surface area contributed by atoms with Gasteiger partial charge in [0, 0.05) is 18.2 Å². The third-order valence-electron chi connectivity index (χ3n) is 6.15. The average Bonchev–Trinajstić information content (AvgIpc) is 3.24. The molecule has 0 bridgehead atoms. The monoisotopic (exact) mass is 516 g/mol. The molecule has 1 heterocycles. The molecule has 0 N–H and O–H groups in total. The second-order valence-electron chi connectivity index (χ2n) is 8.10. The molecule has 0 saturated heterocycles. The number of halogens is 3. The van der Waals surface area contributed by atoms with Crippen molar-refractivity contribution in [2.45, 2.75) is 24.0 Å². The van der Waals surface area contributed by atoms with E-state index in [-0.39, 0.29) is 16.9 Å². The van der Waals surface area contributed by atoms with Crippen molar-refractivity contribution in [3.63, 3.8) is 0 Å². The van der Waals surface area contributed by atoms with E-state index in [1.54, 1.807) is 30.3 Å². The third kappa shape index (κ3) is 4.48. The Kier molecular flexibility index (Phi) is 7.13. The molecule has 0 unspecified atom stereocenters. The molecule has 194 valence electrons. The summed E-state index contributed by atoms with van der Waals surface area (Å²) >= 11 is 0. The van der Waals surface area contributed by atoms with Gasteiger partial charge in [-0.05, 0) is 23.8 Å². The normalized spacial score (nSPS) is 17.2. The highest BCUT2D eigenvalue weighted by Gasteiger charge is 2.64. The van der Waals surface area contributed by atoms with E-state index in [2.05, 4.69) is 0 Å². The number of hydrogen-bond donors (Lipinski definition) is 0. The Labute approximate surface area is 210 Å². The van der Waals surface area contributed by atoms with Gasteiger partial charge >= 0.3 is 18.1 Å². The van der Waals surface area contributed by atoms with Crippen molar-refractivity contribution in [1.82, 2.24) is 0 Å². The predicted octanol–water partition coefficient (Wildman–Crippen LogP) is 5.30. The minimum Gasteiger partial charge on any atom is -0.497 e. The number of ether oxygens (including phenoxy) is 5. The first-order valence-corrected chi connectivity index (χ1v) is 11.1. The van der Waals surface area contributed by atoms with Gasteiger partial charge in [-0.3, -0.25) is 0 Å². The lowest BCUT2D eigenvalue weighted by Crippen LogP contribution is -2.52. The lowest BCUT2D eigenvalue weighted by atomic mass is 9.91. The second-order valence-corrected chi connectivity index (χ2v) is 8.10. The summed E-state index contributed by atoms with van der Waals surface area (Å²) in [5, 5.41) is 0. The smallest absolute Gasteiger partial charge is 0.432 e. The van der Waals surface area contributed by atoms with Crippen LogP contribution in [0.5, 0.6) is 11.5 Å².